The van der Waals surface area contributed by atoms with Crippen molar-refractivity contribution in [2.45, 2.75) is 5.16 Å². The Morgan fingerprint density at radius 2 is 1.43 bits per heavy atom. The summed E-state index contributed by atoms with van der Waals surface area (Å²) in [4.78, 5) is 17.5. The van der Waals surface area contributed by atoms with Gasteiger partial charge in [-0.15, -0.1) is 5.10 Å². The zero-order valence-electron chi connectivity index (χ0n) is 18.7. The molecule has 1 heterocycles. The van der Waals surface area contributed by atoms with Gasteiger partial charge in [0, 0.05) is 5.56 Å². The fourth-order valence-corrected chi connectivity index (χ4v) is 4.09. The minimum Gasteiger partial charge on any atom is -0.455 e. The molecule has 1 aromatic heterocycles. The fraction of sp³-hybridized carbons (Fsp3) is 0.0357. The van der Waals surface area contributed by atoms with Crippen molar-refractivity contribution in [3.63, 3.8) is 0 Å². The van der Waals surface area contributed by atoms with Gasteiger partial charge >= 0.3 is 0 Å². The number of amides is 1. The van der Waals surface area contributed by atoms with E-state index in [0.717, 1.165) is 17.1 Å². The molecule has 0 saturated carbocycles. The zero-order valence-corrected chi connectivity index (χ0v) is 19.6. The van der Waals surface area contributed by atoms with E-state index in [4.69, 9.17) is 9.72 Å². The van der Waals surface area contributed by atoms with Crippen molar-refractivity contribution in [2.75, 3.05) is 11.1 Å². The van der Waals surface area contributed by atoms with Crippen LogP contribution in [-0.2, 0) is 4.79 Å². The number of para-hydroxylation sites is 4. The van der Waals surface area contributed by atoms with Crippen LogP contribution in [0.2, 0.25) is 0 Å². The first-order chi connectivity index (χ1) is 17.3. The molecule has 5 rings (SSSR count). The Hall–Kier alpha value is -4.36. The highest BCUT2D eigenvalue weighted by molar-refractivity contribution is 7.99. The number of hydrogen-bond acceptors (Lipinski definition) is 5. The maximum Gasteiger partial charge on any atom is 0.234 e. The topological polar surface area (TPSA) is 69.0 Å². The first-order valence-corrected chi connectivity index (χ1v) is 12.1. The highest BCUT2D eigenvalue weighted by Gasteiger charge is 2.16. The molecule has 0 aliphatic heterocycles. The van der Waals surface area contributed by atoms with E-state index in [0.29, 0.717) is 22.3 Å². The van der Waals surface area contributed by atoms with E-state index in [9.17, 15) is 4.79 Å². The van der Waals surface area contributed by atoms with Crippen LogP contribution in [0.4, 0.5) is 5.69 Å². The minimum atomic E-state index is -0.170. The third-order valence-corrected chi connectivity index (χ3v) is 5.92. The van der Waals surface area contributed by atoms with Gasteiger partial charge in [0.25, 0.3) is 0 Å². The molecule has 1 N–H and O–H groups in total. The van der Waals surface area contributed by atoms with Crippen molar-refractivity contribution in [1.29, 1.82) is 0 Å². The number of nitrogens with zero attached hydrogens (tertiary/aromatic N) is 3. The predicted molar refractivity (Wildman–Crippen MR) is 139 cm³/mol. The van der Waals surface area contributed by atoms with Gasteiger partial charge < -0.3 is 10.1 Å². The van der Waals surface area contributed by atoms with Crippen LogP contribution in [-0.4, -0.2) is 26.4 Å². The van der Waals surface area contributed by atoms with E-state index >= 15 is 0 Å². The number of thioether (sulfide) groups is 1. The van der Waals surface area contributed by atoms with E-state index in [-0.39, 0.29) is 11.7 Å². The molecule has 7 heteroatoms. The van der Waals surface area contributed by atoms with Gasteiger partial charge in [0.05, 0.1) is 17.1 Å². The molecular weight excluding hydrogens is 456 g/mol. The van der Waals surface area contributed by atoms with Crippen molar-refractivity contribution in [2.24, 2.45) is 0 Å². The Bertz CT molecular complexity index is 1350. The number of nitrogens with one attached hydrogen (secondary N) is 1. The molecule has 35 heavy (non-hydrogen) atoms. The molecule has 0 aliphatic rings. The molecule has 0 atom stereocenters. The molecule has 0 unspecified atom stereocenters. The van der Waals surface area contributed by atoms with Crippen LogP contribution in [0.3, 0.4) is 0 Å². The first kappa shape index (κ1) is 22.4. The molecule has 0 aliphatic carbocycles. The maximum atomic E-state index is 12.8. The summed E-state index contributed by atoms with van der Waals surface area (Å²) < 4.78 is 7.74. The predicted octanol–water partition coefficient (Wildman–Crippen LogP) is 6.46. The third kappa shape index (κ3) is 5.59. The average Bonchev–Trinajstić information content (AvgIpc) is 3.35. The van der Waals surface area contributed by atoms with Crippen LogP contribution >= 0.6 is 11.8 Å². The second kappa shape index (κ2) is 10.7. The van der Waals surface area contributed by atoms with E-state index in [2.05, 4.69) is 10.4 Å². The highest BCUT2D eigenvalue weighted by atomic mass is 32.2. The average molecular weight is 479 g/mol. The Kier molecular flexibility index (Phi) is 6.87. The molecule has 6 nitrogen and oxygen atoms in total. The van der Waals surface area contributed by atoms with Crippen LogP contribution in [0.5, 0.6) is 11.5 Å². The number of anilines is 1. The molecule has 5 aromatic rings. The van der Waals surface area contributed by atoms with Gasteiger partial charge in [-0.1, -0.05) is 90.6 Å². The smallest absolute Gasteiger partial charge is 0.234 e. The van der Waals surface area contributed by atoms with Crippen LogP contribution in [0.1, 0.15) is 0 Å². The lowest BCUT2D eigenvalue weighted by atomic mass is 10.2. The number of ether oxygens (including phenoxy) is 1. The Labute approximate surface area is 207 Å². The van der Waals surface area contributed by atoms with E-state index in [1.54, 1.807) is 4.68 Å². The van der Waals surface area contributed by atoms with Gasteiger partial charge in [-0.2, -0.15) is 0 Å². The van der Waals surface area contributed by atoms with Crippen LogP contribution in [0, 0.1) is 0 Å². The second-order valence-electron chi connectivity index (χ2n) is 7.58. The largest absolute Gasteiger partial charge is 0.455 e. The summed E-state index contributed by atoms with van der Waals surface area (Å²) >= 11 is 1.29. The summed E-state index contributed by atoms with van der Waals surface area (Å²) in [5.41, 5.74) is 2.46. The van der Waals surface area contributed by atoms with Crippen LogP contribution in [0.15, 0.2) is 120 Å². The minimum absolute atomic E-state index is 0.159. The molecule has 0 fully saturated rings. The molecule has 172 valence electrons. The SMILES string of the molecule is O=C(CSc1nc(-c2ccccc2)n(-c2ccccc2)n1)Nc1ccccc1Oc1ccccc1. The van der Waals surface area contributed by atoms with Gasteiger partial charge in [-0.25, -0.2) is 9.67 Å². The summed E-state index contributed by atoms with van der Waals surface area (Å²) in [5, 5.41) is 8.14. The fourth-order valence-electron chi connectivity index (χ4n) is 3.47. The van der Waals surface area contributed by atoms with E-state index < -0.39 is 0 Å². The monoisotopic (exact) mass is 478 g/mol. The van der Waals surface area contributed by atoms with Crippen molar-refractivity contribution in [3.05, 3.63) is 115 Å². The van der Waals surface area contributed by atoms with Crippen molar-refractivity contribution < 1.29 is 9.53 Å². The zero-order chi connectivity index (χ0) is 23.9. The molecule has 0 saturated heterocycles. The summed E-state index contributed by atoms with van der Waals surface area (Å²) in [6, 6.07) is 36.6. The van der Waals surface area contributed by atoms with Gasteiger partial charge in [0.15, 0.2) is 11.6 Å². The molecular formula is C28H22N4O2S. The lowest BCUT2D eigenvalue weighted by Gasteiger charge is -2.11. The summed E-state index contributed by atoms with van der Waals surface area (Å²) in [6.07, 6.45) is 0. The maximum absolute atomic E-state index is 12.8. The normalized spacial score (nSPS) is 10.6. The Morgan fingerprint density at radius 1 is 0.800 bits per heavy atom. The molecule has 0 bridgehead atoms. The van der Waals surface area contributed by atoms with Crippen LogP contribution < -0.4 is 10.1 Å². The van der Waals surface area contributed by atoms with Crippen LogP contribution in [0.25, 0.3) is 17.1 Å². The van der Waals surface area contributed by atoms with E-state index in [1.807, 2.05) is 115 Å². The van der Waals surface area contributed by atoms with Gasteiger partial charge in [0.2, 0.25) is 11.1 Å². The lowest BCUT2D eigenvalue weighted by Crippen LogP contribution is -2.14. The summed E-state index contributed by atoms with van der Waals surface area (Å²) in [7, 11) is 0. The summed E-state index contributed by atoms with van der Waals surface area (Å²) in [5.74, 6) is 1.99. The summed E-state index contributed by atoms with van der Waals surface area (Å²) in [6.45, 7) is 0. The lowest BCUT2D eigenvalue weighted by molar-refractivity contribution is -0.113. The first-order valence-electron chi connectivity index (χ1n) is 11.1. The molecule has 4 aromatic carbocycles. The van der Waals surface area contributed by atoms with E-state index in [1.165, 1.54) is 11.8 Å². The highest BCUT2D eigenvalue weighted by Crippen LogP contribution is 2.30. The Morgan fingerprint density at radius 3 is 2.17 bits per heavy atom. The van der Waals surface area contributed by atoms with Gasteiger partial charge in [0.1, 0.15) is 5.75 Å². The standard InChI is InChI=1S/C28H22N4O2S/c33-26(29-24-18-10-11-19-25(24)34-23-16-8-3-9-17-23)20-35-28-30-27(21-12-4-1-5-13-21)32(31-28)22-14-6-2-7-15-22/h1-19H,20H2,(H,29,33). The molecule has 0 radical (unpaired) electrons. The number of hydrogen-bond donors (Lipinski definition) is 1. The van der Waals surface area contributed by atoms with Crippen molar-refractivity contribution in [1.82, 2.24) is 14.8 Å². The third-order valence-electron chi connectivity index (χ3n) is 5.08. The molecule has 0 spiro atoms. The number of carbonyl (C=O) groups is 1. The van der Waals surface area contributed by atoms with Crippen molar-refractivity contribution in [3.8, 4) is 28.6 Å². The number of rotatable bonds is 8. The number of carbonyl (C=O) groups excluding carboxylic acids is 1. The molecule has 1 amide bonds. The van der Waals surface area contributed by atoms with Gasteiger partial charge in [-0.05, 0) is 36.4 Å². The van der Waals surface area contributed by atoms with Gasteiger partial charge in [-0.3, -0.25) is 4.79 Å². The quantitative estimate of drug-likeness (QED) is 0.259. The number of aromatic nitrogens is 3. The Balaban J connectivity index is 1.31. The number of benzene rings is 4. The van der Waals surface area contributed by atoms with Crippen molar-refractivity contribution >= 4 is 23.4 Å². The second-order valence-corrected chi connectivity index (χ2v) is 8.52.